The molecule has 9 heteroatoms. The third kappa shape index (κ3) is 4.54. The fourth-order valence-electron chi connectivity index (χ4n) is 6.10. The van der Waals surface area contributed by atoms with Crippen molar-refractivity contribution in [3.63, 3.8) is 0 Å². The Bertz CT molecular complexity index is 1580. The van der Waals surface area contributed by atoms with Crippen LogP contribution in [-0.4, -0.2) is 49.0 Å². The molecule has 0 N–H and O–H groups in total. The standard InChI is InChI=1S/C30H33N7O2/c1-29(2,3)39-28(38)25-7-8-30(25)9-11-36(12-10-30)26-6-5-20(15-32-26)24-13-21(23-17-33-35(4)18-23)19-37-27(24)22(14-31)16-34-37/h5-6,13,15-19,25H,7-12H2,1-4H3. The quantitative estimate of drug-likeness (QED) is 0.347. The summed E-state index contributed by atoms with van der Waals surface area (Å²) in [5.41, 5.74) is 4.65. The molecule has 1 unspecified atom stereocenters. The number of hydrogen-bond acceptors (Lipinski definition) is 7. The van der Waals surface area contributed by atoms with Gasteiger partial charge in [-0.2, -0.15) is 15.5 Å². The van der Waals surface area contributed by atoms with Crippen LogP contribution in [0.4, 0.5) is 5.82 Å². The van der Waals surface area contributed by atoms with Crippen LogP contribution in [0.3, 0.4) is 0 Å². The molecule has 9 nitrogen and oxygen atoms in total. The maximum absolute atomic E-state index is 12.8. The zero-order chi connectivity index (χ0) is 27.4. The Balaban J connectivity index is 1.23. The second kappa shape index (κ2) is 9.23. The molecule has 1 saturated heterocycles. The van der Waals surface area contributed by atoms with E-state index in [-0.39, 0.29) is 17.3 Å². The Labute approximate surface area is 228 Å². The topological polar surface area (TPSA) is 101 Å². The van der Waals surface area contributed by atoms with Crippen molar-refractivity contribution in [2.75, 3.05) is 18.0 Å². The lowest BCUT2D eigenvalue weighted by Crippen LogP contribution is -2.53. The van der Waals surface area contributed by atoms with Gasteiger partial charge in [-0.25, -0.2) is 9.50 Å². The van der Waals surface area contributed by atoms with Gasteiger partial charge >= 0.3 is 5.97 Å². The van der Waals surface area contributed by atoms with Gasteiger partial charge in [0, 0.05) is 61.0 Å². The summed E-state index contributed by atoms with van der Waals surface area (Å²) in [6, 6.07) is 8.46. The SMILES string of the molecule is Cn1cc(-c2cc(-c3ccc(N4CCC5(CCC5C(=O)OC(C)(C)C)CC4)nc3)c3c(C#N)cnn3c2)cn1. The predicted molar refractivity (Wildman–Crippen MR) is 148 cm³/mol. The van der Waals surface area contributed by atoms with E-state index in [9.17, 15) is 10.1 Å². The molecule has 1 saturated carbocycles. The predicted octanol–water partition coefficient (Wildman–Crippen LogP) is 5.01. The summed E-state index contributed by atoms with van der Waals surface area (Å²) >= 11 is 0. The highest BCUT2D eigenvalue weighted by Crippen LogP contribution is 2.54. The third-order valence-corrected chi connectivity index (χ3v) is 8.27. The first kappa shape index (κ1) is 25.1. The highest BCUT2D eigenvalue weighted by atomic mass is 16.6. The zero-order valence-electron chi connectivity index (χ0n) is 22.9. The Hall–Kier alpha value is -4.19. The average Bonchev–Trinajstić information content (AvgIpc) is 3.52. The molecule has 1 spiro atoms. The Kier molecular flexibility index (Phi) is 5.94. The van der Waals surface area contributed by atoms with Crippen molar-refractivity contribution in [2.24, 2.45) is 18.4 Å². The molecule has 0 bridgehead atoms. The third-order valence-electron chi connectivity index (χ3n) is 8.27. The van der Waals surface area contributed by atoms with E-state index in [1.165, 1.54) is 0 Å². The first-order valence-corrected chi connectivity index (χ1v) is 13.5. The highest BCUT2D eigenvalue weighted by molar-refractivity contribution is 5.87. The zero-order valence-corrected chi connectivity index (χ0v) is 22.9. The van der Waals surface area contributed by atoms with Crippen LogP contribution >= 0.6 is 0 Å². The Morgan fingerprint density at radius 2 is 1.85 bits per heavy atom. The van der Waals surface area contributed by atoms with E-state index in [0.29, 0.717) is 5.56 Å². The second-order valence-electron chi connectivity index (χ2n) is 11.9. The number of carbonyl (C=O) groups is 1. The molecule has 6 rings (SSSR count). The lowest BCUT2D eigenvalue weighted by atomic mass is 9.55. The molecule has 2 aliphatic rings. The number of aromatic nitrogens is 5. The van der Waals surface area contributed by atoms with Gasteiger partial charge in [-0.3, -0.25) is 9.48 Å². The number of ether oxygens (including phenoxy) is 1. The number of carbonyl (C=O) groups excluding carboxylic acids is 1. The van der Waals surface area contributed by atoms with E-state index in [0.717, 1.165) is 72.4 Å². The fourth-order valence-corrected chi connectivity index (χ4v) is 6.10. The van der Waals surface area contributed by atoms with Gasteiger partial charge < -0.3 is 9.64 Å². The van der Waals surface area contributed by atoms with Gasteiger partial charge in [0.1, 0.15) is 17.5 Å². The van der Waals surface area contributed by atoms with Gasteiger partial charge in [0.05, 0.1) is 29.4 Å². The number of aryl methyl sites for hydroxylation is 1. The van der Waals surface area contributed by atoms with Crippen LogP contribution in [0.1, 0.15) is 52.0 Å². The van der Waals surface area contributed by atoms with Crippen LogP contribution in [0, 0.1) is 22.7 Å². The number of fused-ring (bicyclic) bond motifs is 1. The maximum Gasteiger partial charge on any atom is 0.310 e. The van der Waals surface area contributed by atoms with Crippen molar-refractivity contribution in [1.29, 1.82) is 5.26 Å². The summed E-state index contributed by atoms with van der Waals surface area (Å²) < 4.78 is 9.24. The lowest BCUT2D eigenvalue weighted by molar-refractivity contribution is -0.174. The molecular formula is C30H33N7O2. The van der Waals surface area contributed by atoms with E-state index in [1.807, 2.05) is 52.6 Å². The summed E-state index contributed by atoms with van der Waals surface area (Å²) in [7, 11) is 1.89. The molecule has 4 aromatic rings. The molecule has 1 atom stereocenters. The van der Waals surface area contributed by atoms with Crippen molar-refractivity contribution < 1.29 is 9.53 Å². The molecular weight excluding hydrogens is 490 g/mol. The van der Waals surface area contributed by atoms with E-state index in [4.69, 9.17) is 9.72 Å². The number of esters is 1. The number of rotatable bonds is 4. The summed E-state index contributed by atoms with van der Waals surface area (Å²) in [5, 5.41) is 18.4. The summed E-state index contributed by atoms with van der Waals surface area (Å²) in [6.07, 6.45) is 13.1. The summed E-state index contributed by atoms with van der Waals surface area (Å²) in [4.78, 5) is 19.9. The van der Waals surface area contributed by atoms with Crippen LogP contribution in [0.2, 0.25) is 0 Å². The van der Waals surface area contributed by atoms with Crippen molar-refractivity contribution in [2.45, 2.75) is 52.1 Å². The van der Waals surface area contributed by atoms with Crippen molar-refractivity contribution in [3.8, 4) is 28.3 Å². The molecule has 0 radical (unpaired) electrons. The van der Waals surface area contributed by atoms with Crippen molar-refractivity contribution in [3.05, 3.63) is 54.7 Å². The molecule has 39 heavy (non-hydrogen) atoms. The lowest BCUT2D eigenvalue weighted by Gasteiger charge is -2.53. The van der Waals surface area contributed by atoms with E-state index in [1.54, 1.807) is 15.4 Å². The van der Waals surface area contributed by atoms with E-state index >= 15 is 0 Å². The number of pyridine rings is 2. The summed E-state index contributed by atoms with van der Waals surface area (Å²) in [6.45, 7) is 7.54. The highest BCUT2D eigenvalue weighted by Gasteiger charge is 2.52. The molecule has 0 aromatic carbocycles. The van der Waals surface area contributed by atoms with Gasteiger partial charge in [-0.05, 0) is 70.1 Å². The molecule has 1 aliphatic heterocycles. The van der Waals surface area contributed by atoms with Gasteiger partial charge in [0.15, 0.2) is 0 Å². The number of hydrogen-bond donors (Lipinski definition) is 0. The van der Waals surface area contributed by atoms with Crippen molar-refractivity contribution in [1.82, 2.24) is 24.4 Å². The number of anilines is 1. The van der Waals surface area contributed by atoms with Crippen LogP contribution in [0.25, 0.3) is 27.8 Å². The average molecular weight is 524 g/mol. The molecule has 0 amide bonds. The van der Waals surface area contributed by atoms with E-state index < -0.39 is 5.60 Å². The van der Waals surface area contributed by atoms with E-state index in [2.05, 4.69) is 39.4 Å². The Morgan fingerprint density at radius 3 is 2.44 bits per heavy atom. The first-order chi connectivity index (χ1) is 18.7. The largest absolute Gasteiger partial charge is 0.460 e. The molecule has 5 heterocycles. The van der Waals surface area contributed by atoms with Gasteiger partial charge in [-0.15, -0.1) is 0 Å². The minimum Gasteiger partial charge on any atom is -0.460 e. The minimum absolute atomic E-state index is 0.00805. The molecule has 4 aromatic heterocycles. The number of piperidine rings is 1. The minimum atomic E-state index is -0.450. The smallest absolute Gasteiger partial charge is 0.310 e. The van der Waals surface area contributed by atoms with Gasteiger partial charge in [0.2, 0.25) is 0 Å². The molecule has 1 aliphatic carbocycles. The summed E-state index contributed by atoms with van der Waals surface area (Å²) in [5.74, 6) is 0.894. The van der Waals surface area contributed by atoms with Crippen LogP contribution in [0.15, 0.2) is 49.2 Å². The van der Waals surface area contributed by atoms with Crippen molar-refractivity contribution >= 4 is 17.3 Å². The monoisotopic (exact) mass is 523 g/mol. The molecule has 200 valence electrons. The first-order valence-electron chi connectivity index (χ1n) is 13.5. The van der Waals surface area contributed by atoms with Crippen LogP contribution in [-0.2, 0) is 16.6 Å². The number of nitrogens with zero attached hydrogens (tertiary/aromatic N) is 7. The Morgan fingerprint density at radius 1 is 1.05 bits per heavy atom. The second-order valence-corrected chi connectivity index (χ2v) is 11.9. The van der Waals surface area contributed by atoms with Crippen LogP contribution in [0.5, 0.6) is 0 Å². The molecule has 2 fully saturated rings. The van der Waals surface area contributed by atoms with Gasteiger partial charge in [0.25, 0.3) is 0 Å². The number of nitriles is 1. The maximum atomic E-state index is 12.8. The fraction of sp³-hybridized carbons (Fsp3) is 0.433. The normalized spacial score (nSPS) is 18.6. The van der Waals surface area contributed by atoms with Crippen LogP contribution < -0.4 is 4.90 Å². The van der Waals surface area contributed by atoms with Gasteiger partial charge in [-0.1, -0.05) is 0 Å².